The molecule has 0 aliphatic heterocycles. The highest BCUT2D eigenvalue weighted by Crippen LogP contribution is 2.17. The van der Waals surface area contributed by atoms with Gasteiger partial charge in [-0.25, -0.2) is 4.98 Å². The lowest BCUT2D eigenvalue weighted by molar-refractivity contribution is 0.101. The normalized spacial score (nSPS) is 10.5. The SMILES string of the molecule is CCCc1nc(C(=O)Nc2ccccc2CCC)n[nH]1. The second-order valence-electron chi connectivity index (χ2n) is 4.72. The number of carbonyl (C=O) groups excluding carboxylic acids is 1. The molecule has 0 saturated heterocycles. The molecular weight excluding hydrogens is 252 g/mol. The lowest BCUT2D eigenvalue weighted by Crippen LogP contribution is -2.15. The van der Waals surface area contributed by atoms with E-state index >= 15 is 0 Å². The monoisotopic (exact) mass is 272 g/mol. The number of aryl methyl sites for hydroxylation is 2. The van der Waals surface area contributed by atoms with E-state index in [2.05, 4.69) is 34.3 Å². The van der Waals surface area contributed by atoms with Gasteiger partial charge in [0.05, 0.1) is 0 Å². The Morgan fingerprint density at radius 2 is 1.95 bits per heavy atom. The van der Waals surface area contributed by atoms with Gasteiger partial charge in [-0.1, -0.05) is 38.5 Å². The van der Waals surface area contributed by atoms with Crippen molar-refractivity contribution >= 4 is 11.6 Å². The van der Waals surface area contributed by atoms with Crippen molar-refractivity contribution in [1.82, 2.24) is 15.2 Å². The minimum atomic E-state index is -0.271. The van der Waals surface area contributed by atoms with Crippen LogP contribution in [0.5, 0.6) is 0 Å². The minimum absolute atomic E-state index is 0.194. The van der Waals surface area contributed by atoms with Crippen LogP contribution >= 0.6 is 0 Å². The number of aromatic amines is 1. The van der Waals surface area contributed by atoms with Crippen molar-refractivity contribution in [1.29, 1.82) is 0 Å². The summed E-state index contributed by atoms with van der Waals surface area (Å²) in [6, 6.07) is 7.82. The molecule has 20 heavy (non-hydrogen) atoms. The number of carbonyl (C=O) groups is 1. The highest BCUT2D eigenvalue weighted by atomic mass is 16.2. The lowest BCUT2D eigenvalue weighted by atomic mass is 10.1. The molecule has 5 heteroatoms. The second kappa shape index (κ2) is 6.84. The summed E-state index contributed by atoms with van der Waals surface area (Å²) in [5.74, 6) is 0.673. The quantitative estimate of drug-likeness (QED) is 0.849. The lowest BCUT2D eigenvalue weighted by Gasteiger charge is -2.08. The van der Waals surface area contributed by atoms with Gasteiger partial charge in [-0.2, -0.15) is 0 Å². The van der Waals surface area contributed by atoms with E-state index in [1.807, 2.05) is 24.3 Å². The topological polar surface area (TPSA) is 70.7 Å². The molecule has 5 nitrogen and oxygen atoms in total. The van der Waals surface area contributed by atoms with Crippen LogP contribution < -0.4 is 5.32 Å². The van der Waals surface area contributed by atoms with Crippen LogP contribution in [0, 0.1) is 0 Å². The van der Waals surface area contributed by atoms with Crippen molar-refractivity contribution in [3.05, 3.63) is 41.5 Å². The maximum absolute atomic E-state index is 12.1. The summed E-state index contributed by atoms with van der Waals surface area (Å²) < 4.78 is 0. The molecule has 0 aliphatic rings. The third kappa shape index (κ3) is 3.44. The van der Waals surface area contributed by atoms with Gasteiger partial charge in [0.1, 0.15) is 5.82 Å². The van der Waals surface area contributed by atoms with Gasteiger partial charge in [0.15, 0.2) is 0 Å². The Morgan fingerprint density at radius 1 is 1.20 bits per heavy atom. The third-order valence-corrected chi connectivity index (χ3v) is 3.01. The zero-order valence-corrected chi connectivity index (χ0v) is 11.9. The molecule has 1 aromatic carbocycles. The maximum atomic E-state index is 12.1. The highest BCUT2D eigenvalue weighted by molar-refractivity contribution is 6.01. The zero-order valence-electron chi connectivity index (χ0n) is 11.9. The van der Waals surface area contributed by atoms with Crippen molar-refractivity contribution in [2.24, 2.45) is 0 Å². The van der Waals surface area contributed by atoms with Crippen molar-refractivity contribution in [2.75, 3.05) is 5.32 Å². The average Bonchev–Trinajstić information content (AvgIpc) is 2.90. The molecule has 0 atom stereocenters. The Balaban J connectivity index is 2.10. The first-order valence-electron chi connectivity index (χ1n) is 7.05. The third-order valence-electron chi connectivity index (χ3n) is 3.01. The molecule has 0 radical (unpaired) electrons. The van der Waals surface area contributed by atoms with Crippen LogP contribution in [0.15, 0.2) is 24.3 Å². The average molecular weight is 272 g/mol. The van der Waals surface area contributed by atoms with Crippen LogP contribution in [-0.4, -0.2) is 21.1 Å². The fraction of sp³-hybridized carbons (Fsp3) is 0.400. The standard InChI is InChI=1S/C15H20N4O/c1-3-7-11-9-5-6-10-12(11)16-15(20)14-17-13(8-4-2)18-19-14/h5-6,9-10H,3-4,7-8H2,1-2H3,(H,16,20)(H,17,18,19). The number of amides is 1. The Bertz CT molecular complexity index is 577. The summed E-state index contributed by atoms with van der Waals surface area (Å²) >= 11 is 0. The minimum Gasteiger partial charge on any atom is -0.319 e. The van der Waals surface area contributed by atoms with Crippen molar-refractivity contribution in [3.8, 4) is 0 Å². The summed E-state index contributed by atoms with van der Waals surface area (Å²) in [5.41, 5.74) is 1.97. The maximum Gasteiger partial charge on any atom is 0.295 e. The second-order valence-corrected chi connectivity index (χ2v) is 4.72. The summed E-state index contributed by atoms with van der Waals surface area (Å²) in [6.07, 6.45) is 3.74. The largest absolute Gasteiger partial charge is 0.319 e. The molecular formula is C15H20N4O. The molecule has 2 rings (SSSR count). The van der Waals surface area contributed by atoms with Crippen molar-refractivity contribution in [2.45, 2.75) is 39.5 Å². The number of anilines is 1. The number of aromatic nitrogens is 3. The van der Waals surface area contributed by atoms with Crippen LogP contribution in [0.2, 0.25) is 0 Å². The molecule has 2 aromatic rings. The van der Waals surface area contributed by atoms with Gasteiger partial charge in [0.25, 0.3) is 5.91 Å². The molecule has 2 N–H and O–H groups in total. The molecule has 0 saturated carbocycles. The smallest absolute Gasteiger partial charge is 0.295 e. The molecule has 0 aliphatic carbocycles. The highest BCUT2D eigenvalue weighted by Gasteiger charge is 2.13. The fourth-order valence-corrected chi connectivity index (χ4v) is 2.05. The number of hydrogen-bond donors (Lipinski definition) is 2. The number of nitrogens with zero attached hydrogens (tertiary/aromatic N) is 2. The first-order valence-corrected chi connectivity index (χ1v) is 7.05. The predicted octanol–water partition coefficient (Wildman–Crippen LogP) is 2.96. The molecule has 1 amide bonds. The van der Waals surface area contributed by atoms with Crippen LogP contribution in [-0.2, 0) is 12.8 Å². The van der Waals surface area contributed by atoms with E-state index < -0.39 is 0 Å². The van der Waals surface area contributed by atoms with Gasteiger partial charge in [0.2, 0.25) is 5.82 Å². The van der Waals surface area contributed by atoms with Gasteiger partial charge in [0, 0.05) is 12.1 Å². The van der Waals surface area contributed by atoms with Gasteiger partial charge in [-0.05, 0) is 24.5 Å². The predicted molar refractivity (Wildman–Crippen MR) is 78.8 cm³/mol. The van der Waals surface area contributed by atoms with E-state index in [9.17, 15) is 4.79 Å². The Morgan fingerprint density at radius 3 is 2.70 bits per heavy atom. The van der Waals surface area contributed by atoms with E-state index in [1.165, 1.54) is 0 Å². The van der Waals surface area contributed by atoms with E-state index in [4.69, 9.17) is 0 Å². The molecule has 106 valence electrons. The fourth-order valence-electron chi connectivity index (χ4n) is 2.05. The zero-order chi connectivity index (χ0) is 14.4. The van der Waals surface area contributed by atoms with Gasteiger partial charge < -0.3 is 5.32 Å². The molecule has 0 unspecified atom stereocenters. The summed E-state index contributed by atoms with van der Waals surface area (Å²) in [7, 11) is 0. The number of rotatable bonds is 6. The Kier molecular flexibility index (Phi) is 4.87. The van der Waals surface area contributed by atoms with Crippen LogP contribution in [0.25, 0.3) is 0 Å². The first kappa shape index (κ1) is 14.2. The molecule has 0 spiro atoms. The van der Waals surface area contributed by atoms with Gasteiger partial charge >= 0.3 is 0 Å². The number of hydrogen-bond acceptors (Lipinski definition) is 3. The van der Waals surface area contributed by atoms with Crippen LogP contribution in [0.1, 0.15) is 48.7 Å². The number of benzene rings is 1. The van der Waals surface area contributed by atoms with Crippen LogP contribution in [0.3, 0.4) is 0 Å². The Labute approximate surface area is 118 Å². The van der Waals surface area contributed by atoms with E-state index in [-0.39, 0.29) is 11.7 Å². The Hall–Kier alpha value is -2.17. The van der Waals surface area contributed by atoms with E-state index in [1.54, 1.807) is 0 Å². The number of para-hydroxylation sites is 1. The summed E-state index contributed by atoms with van der Waals surface area (Å²) in [5, 5.41) is 9.63. The van der Waals surface area contributed by atoms with Gasteiger partial charge in [-0.3, -0.25) is 9.89 Å². The number of H-pyrrole nitrogens is 1. The first-order chi connectivity index (χ1) is 9.74. The van der Waals surface area contributed by atoms with E-state index in [0.29, 0.717) is 0 Å². The number of nitrogens with one attached hydrogen (secondary N) is 2. The molecule has 1 aromatic heterocycles. The van der Waals surface area contributed by atoms with Crippen LogP contribution in [0.4, 0.5) is 5.69 Å². The van der Waals surface area contributed by atoms with E-state index in [0.717, 1.165) is 42.8 Å². The molecule has 1 heterocycles. The summed E-state index contributed by atoms with van der Waals surface area (Å²) in [6.45, 7) is 4.17. The summed E-state index contributed by atoms with van der Waals surface area (Å²) in [4.78, 5) is 16.3. The molecule has 0 bridgehead atoms. The van der Waals surface area contributed by atoms with Crippen molar-refractivity contribution < 1.29 is 4.79 Å². The van der Waals surface area contributed by atoms with Crippen molar-refractivity contribution in [3.63, 3.8) is 0 Å². The molecule has 0 fully saturated rings. The van der Waals surface area contributed by atoms with Gasteiger partial charge in [-0.15, -0.1) is 5.10 Å².